The molecule has 0 spiro atoms. The maximum atomic E-state index is 10.7. The number of nitro groups is 1. The molecule has 6 heteroatoms. The van der Waals surface area contributed by atoms with Gasteiger partial charge in [-0.15, -0.1) is 0 Å². The molecule has 1 heterocycles. The van der Waals surface area contributed by atoms with Crippen LogP contribution in [0.15, 0.2) is 36.5 Å². The van der Waals surface area contributed by atoms with Gasteiger partial charge in [-0.25, -0.2) is 4.98 Å². The van der Waals surface area contributed by atoms with Gasteiger partial charge in [0.2, 0.25) is 5.88 Å². The Morgan fingerprint density at radius 1 is 1.33 bits per heavy atom. The molecule has 0 unspecified atom stereocenters. The van der Waals surface area contributed by atoms with Crippen LogP contribution in [0.1, 0.15) is 5.56 Å². The SMILES string of the molecule is Cc1cc(Oc2ccc(I)cc2)ncc1[N+](=O)[O-]. The number of pyridine rings is 1. The predicted octanol–water partition coefficient (Wildman–Crippen LogP) is 3.70. The molecule has 0 aliphatic rings. The van der Waals surface area contributed by atoms with E-state index in [0.717, 1.165) is 3.57 Å². The zero-order valence-electron chi connectivity index (χ0n) is 9.46. The van der Waals surface area contributed by atoms with Gasteiger partial charge in [0.05, 0.1) is 4.92 Å². The Balaban J connectivity index is 2.22. The summed E-state index contributed by atoms with van der Waals surface area (Å²) in [5.41, 5.74) is 0.514. The summed E-state index contributed by atoms with van der Waals surface area (Å²) in [5, 5.41) is 10.7. The van der Waals surface area contributed by atoms with E-state index in [2.05, 4.69) is 27.6 Å². The van der Waals surface area contributed by atoms with Crippen LogP contribution in [0.5, 0.6) is 11.6 Å². The molecule has 5 nitrogen and oxygen atoms in total. The van der Waals surface area contributed by atoms with E-state index < -0.39 is 4.92 Å². The normalized spacial score (nSPS) is 10.1. The summed E-state index contributed by atoms with van der Waals surface area (Å²) >= 11 is 2.20. The fourth-order valence-electron chi connectivity index (χ4n) is 1.39. The van der Waals surface area contributed by atoms with Crippen LogP contribution in [-0.2, 0) is 0 Å². The largest absolute Gasteiger partial charge is 0.439 e. The van der Waals surface area contributed by atoms with E-state index in [9.17, 15) is 10.1 Å². The molecule has 2 aromatic rings. The summed E-state index contributed by atoms with van der Waals surface area (Å²) in [6.45, 7) is 1.65. The number of hydrogen-bond acceptors (Lipinski definition) is 4. The van der Waals surface area contributed by atoms with Crippen LogP contribution in [0.3, 0.4) is 0 Å². The minimum absolute atomic E-state index is 0.00930. The predicted molar refractivity (Wildman–Crippen MR) is 74.9 cm³/mol. The second-order valence-corrected chi connectivity index (χ2v) is 4.87. The fraction of sp³-hybridized carbons (Fsp3) is 0.0833. The van der Waals surface area contributed by atoms with Gasteiger partial charge in [0.15, 0.2) is 0 Å². The van der Waals surface area contributed by atoms with Gasteiger partial charge in [-0.2, -0.15) is 0 Å². The summed E-state index contributed by atoms with van der Waals surface area (Å²) in [5.74, 6) is 0.996. The summed E-state index contributed by atoms with van der Waals surface area (Å²) in [6.07, 6.45) is 1.21. The van der Waals surface area contributed by atoms with Crippen molar-refractivity contribution < 1.29 is 9.66 Å². The van der Waals surface area contributed by atoms with E-state index in [1.54, 1.807) is 13.0 Å². The minimum atomic E-state index is -0.461. The highest BCUT2D eigenvalue weighted by Crippen LogP contribution is 2.24. The first-order valence-electron chi connectivity index (χ1n) is 5.11. The van der Waals surface area contributed by atoms with Crippen LogP contribution in [-0.4, -0.2) is 9.91 Å². The Kier molecular flexibility index (Phi) is 3.75. The van der Waals surface area contributed by atoms with Crippen molar-refractivity contribution >= 4 is 28.3 Å². The van der Waals surface area contributed by atoms with Crippen molar-refractivity contribution in [2.45, 2.75) is 6.92 Å². The molecule has 0 saturated carbocycles. The van der Waals surface area contributed by atoms with Gasteiger partial charge in [0, 0.05) is 15.2 Å². The highest BCUT2D eigenvalue weighted by molar-refractivity contribution is 14.1. The molecule has 1 aromatic carbocycles. The van der Waals surface area contributed by atoms with Gasteiger partial charge in [0.25, 0.3) is 5.69 Å². The Bertz CT molecular complexity index is 584. The maximum Gasteiger partial charge on any atom is 0.290 e. The van der Waals surface area contributed by atoms with Gasteiger partial charge in [0.1, 0.15) is 11.9 Å². The number of aryl methyl sites for hydroxylation is 1. The first-order valence-corrected chi connectivity index (χ1v) is 6.18. The number of nitrogens with zero attached hydrogens (tertiary/aromatic N) is 2. The second kappa shape index (κ2) is 5.30. The molecule has 0 aliphatic carbocycles. The molecule has 92 valence electrons. The van der Waals surface area contributed by atoms with Crippen LogP contribution in [0.25, 0.3) is 0 Å². The van der Waals surface area contributed by atoms with Gasteiger partial charge < -0.3 is 4.74 Å². The smallest absolute Gasteiger partial charge is 0.290 e. The van der Waals surface area contributed by atoms with Gasteiger partial charge in [-0.1, -0.05) is 0 Å². The number of ether oxygens (including phenoxy) is 1. The lowest BCUT2D eigenvalue weighted by atomic mass is 10.2. The number of rotatable bonds is 3. The molecule has 18 heavy (non-hydrogen) atoms. The first-order chi connectivity index (χ1) is 8.56. The topological polar surface area (TPSA) is 65.3 Å². The molecular weight excluding hydrogens is 347 g/mol. The third kappa shape index (κ3) is 2.95. The zero-order chi connectivity index (χ0) is 13.1. The Morgan fingerprint density at radius 3 is 2.56 bits per heavy atom. The standard InChI is InChI=1S/C12H9IN2O3/c1-8-6-12(14-7-11(8)15(16)17)18-10-4-2-9(13)3-5-10/h2-7H,1H3. The average molecular weight is 356 g/mol. The number of halogens is 1. The molecule has 2 rings (SSSR count). The molecule has 1 aromatic heterocycles. The quantitative estimate of drug-likeness (QED) is 0.478. The summed E-state index contributed by atoms with van der Waals surface area (Å²) in [6, 6.07) is 9.01. The van der Waals surface area contributed by atoms with Crippen molar-refractivity contribution in [3.8, 4) is 11.6 Å². The lowest BCUT2D eigenvalue weighted by molar-refractivity contribution is -0.385. The molecule has 0 saturated heterocycles. The van der Waals surface area contributed by atoms with Crippen LogP contribution >= 0.6 is 22.6 Å². The fourth-order valence-corrected chi connectivity index (χ4v) is 1.75. The highest BCUT2D eigenvalue weighted by atomic mass is 127. The minimum Gasteiger partial charge on any atom is -0.439 e. The number of aromatic nitrogens is 1. The Hall–Kier alpha value is -1.70. The van der Waals surface area contributed by atoms with Gasteiger partial charge in [-0.3, -0.25) is 10.1 Å². The molecule has 0 fully saturated rings. The van der Waals surface area contributed by atoms with Crippen LogP contribution < -0.4 is 4.74 Å². The second-order valence-electron chi connectivity index (χ2n) is 3.62. The van der Waals surface area contributed by atoms with E-state index in [1.165, 1.54) is 6.20 Å². The summed E-state index contributed by atoms with van der Waals surface area (Å²) in [7, 11) is 0. The van der Waals surface area contributed by atoms with Crippen LogP contribution in [0, 0.1) is 20.6 Å². The van der Waals surface area contributed by atoms with E-state index in [0.29, 0.717) is 17.2 Å². The molecule has 0 atom stereocenters. The first kappa shape index (κ1) is 12.7. The highest BCUT2D eigenvalue weighted by Gasteiger charge is 2.12. The Morgan fingerprint density at radius 2 is 2.00 bits per heavy atom. The van der Waals surface area contributed by atoms with Crippen molar-refractivity contribution in [3.63, 3.8) is 0 Å². The molecular formula is C12H9IN2O3. The average Bonchev–Trinajstić information content (AvgIpc) is 2.32. The van der Waals surface area contributed by atoms with Gasteiger partial charge >= 0.3 is 0 Å². The molecule has 0 radical (unpaired) electrons. The van der Waals surface area contributed by atoms with Gasteiger partial charge in [-0.05, 0) is 53.8 Å². The van der Waals surface area contributed by atoms with Crippen molar-refractivity contribution in [1.82, 2.24) is 4.98 Å². The van der Waals surface area contributed by atoms with Crippen molar-refractivity contribution in [1.29, 1.82) is 0 Å². The number of hydrogen-bond donors (Lipinski definition) is 0. The summed E-state index contributed by atoms with van der Waals surface area (Å²) in [4.78, 5) is 14.1. The van der Waals surface area contributed by atoms with Crippen molar-refractivity contribution in [2.75, 3.05) is 0 Å². The van der Waals surface area contributed by atoms with Crippen LogP contribution in [0.2, 0.25) is 0 Å². The molecule has 0 amide bonds. The molecule has 0 N–H and O–H groups in total. The van der Waals surface area contributed by atoms with E-state index in [1.807, 2.05) is 24.3 Å². The third-order valence-electron chi connectivity index (χ3n) is 2.29. The molecule has 0 bridgehead atoms. The van der Waals surface area contributed by atoms with E-state index in [-0.39, 0.29) is 5.69 Å². The lowest BCUT2D eigenvalue weighted by Gasteiger charge is -2.05. The monoisotopic (exact) mass is 356 g/mol. The Labute approximate surface area is 117 Å². The third-order valence-corrected chi connectivity index (χ3v) is 3.01. The van der Waals surface area contributed by atoms with E-state index in [4.69, 9.17) is 4.74 Å². The lowest BCUT2D eigenvalue weighted by Crippen LogP contribution is -1.95. The zero-order valence-corrected chi connectivity index (χ0v) is 11.6. The molecule has 0 aliphatic heterocycles. The summed E-state index contributed by atoms with van der Waals surface area (Å²) < 4.78 is 6.62. The van der Waals surface area contributed by atoms with Crippen molar-refractivity contribution in [3.05, 3.63) is 55.8 Å². The maximum absolute atomic E-state index is 10.7. The number of benzene rings is 1. The van der Waals surface area contributed by atoms with Crippen LogP contribution in [0.4, 0.5) is 5.69 Å². The van der Waals surface area contributed by atoms with Crippen molar-refractivity contribution in [2.24, 2.45) is 0 Å². The van der Waals surface area contributed by atoms with E-state index >= 15 is 0 Å².